The third kappa shape index (κ3) is 8.11. The Morgan fingerprint density at radius 2 is 1.56 bits per heavy atom. The summed E-state index contributed by atoms with van der Waals surface area (Å²) in [5.74, 6) is 0.636. The van der Waals surface area contributed by atoms with Gasteiger partial charge in [0.1, 0.15) is 0 Å². The first-order valence-corrected chi connectivity index (χ1v) is 8.12. The van der Waals surface area contributed by atoms with E-state index in [2.05, 4.69) is 18.6 Å². The molecule has 0 radical (unpaired) electrons. The first-order chi connectivity index (χ1) is 7.55. The fourth-order valence-electron chi connectivity index (χ4n) is 1.88. The average molecular weight is 249 g/mol. The van der Waals surface area contributed by atoms with Gasteiger partial charge in [-0.05, 0) is 25.8 Å². The Morgan fingerprint density at radius 3 is 2.06 bits per heavy atom. The number of rotatable bonds is 10. The van der Waals surface area contributed by atoms with Crippen LogP contribution in [0.2, 0.25) is 0 Å². The van der Waals surface area contributed by atoms with Crippen LogP contribution in [0.15, 0.2) is 0 Å². The molecule has 0 aromatic heterocycles. The normalized spacial score (nSPS) is 13.9. The van der Waals surface area contributed by atoms with Crippen LogP contribution < -0.4 is 4.72 Å². The van der Waals surface area contributed by atoms with Crippen molar-refractivity contribution in [3.63, 3.8) is 0 Å². The van der Waals surface area contributed by atoms with Crippen molar-refractivity contribution in [1.29, 1.82) is 0 Å². The fraction of sp³-hybridized carbons (Fsp3) is 1.00. The molecule has 98 valence electrons. The van der Waals surface area contributed by atoms with Gasteiger partial charge in [0, 0.05) is 0 Å². The lowest BCUT2D eigenvalue weighted by molar-refractivity contribution is 0.443. The largest absolute Gasteiger partial charge is 0.218 e. The van der Waals surface area contributed by atoms with E-state index in [0.717, 1.165) is 32.1 Å². The van der Waals surface area contributed by atoms with Gasteiger partial charge in [0.05, 0.1) is 5.75 Å². The molecule has 0 bridgehead atoms. The molecule has 0 aliphatic carbocycles. The molecule has 0 aromatic rings. The molecule has 1 N–H and O–H groups in total. The maximum absolute atomic E-state index is 11.5. The second-order valence-corrected chi connectivity index (χ2v) is 6.46. The van der Waals surface area contributed by atoms with Crippen LogP contribution in [0.25, 0.3) is 0 Å². The summed E-state index contributed by atoms with van der Waals surface area (Å²) in [5.41, 5.74) is 0. The Kier molecular flexibility index (Phi) is 8.94. The minimum atomic E-state index is -3.04. The average Bonchev–Trinajstić information content (AvgIpc) is 2.25. The van der Waals surface area contributed by atoms with Crippen LogP contribution in [-0.4, -0.2) is 21.2 Å². The molecule has 0 heterocycles. The molecule has 4 heteroatoms. The molecule has 0 amide bonds. The molecule has 0 aliphatic rings. The van der Waals surface area contributed by atoms with Crippen LogP contribution >= 0.6 is 0 Å². The predicted molar refractivity (Wildman–Crippen MR) is 70.0 cm³/mol. The molecule has 1 atom stereocenters. The summed E-state index contributed by atoms with van der Waals surface area (Å²) in [7, 11) is -1.54. The smallest absolute Gasteiger partial charge is 0.211 e. The monoisotopic (exact) mass is 249 g/mol. The number of hydrogen-bond donors (Lipinski definition) is 1. The maximum atomic E-state index is 11.5. The van der Waals surface area contributed by atoms with Gasteiger partial charge in [-0.2, -0.15) is 0 Å². The van der Waals surface area contributed by atoms with Crippen LogP contribution in [0.3, 0.4) is 0 Å². The maximum Gasteiger partial charge on any atom is 0.211 e. The number of nitrogens with one attached hydrogen (secondary N) is 1. The molecule has 0 aliphatic heterocycles. The lowest BCUT2D eigenvalue weighted by atomic mass is 9.97. The van der Waals surface area contributed by atoms with Gasteiger partial charge in [-0.15, -0.1) is 0 Å². The van der Waals surface area contributed by atoms with Crippen molar-refractivity contribution < 1.29 is 8.42 Å². The number of hydrogen-bond acceptors (Lipinski definition) is 2. The van der Waals surface area contributed by atoms with Crippen molar-refractivity contribution in [3.8, 4) is 0 Å². The molecule has 0 saturated carbocycles. The second-order valence-electron chi connectivity index (χ2n) is 4.49. The highest BCUT2D eigenvalue weighted by molar-refractivity contribution is 7.89. The molecule has 3 nitrogen and oxygen atoms in total. The van der Waals surface area contributed by atoms with E-state index >= 15 is 0 Å². The molecule has 0 rings (SSSR count). The van der Waals surface area contributed by atoms with Crippen molar-refractivity contribution >= 4 is 10.0 Å². The van der Waals surface area contributed by atoms with Crippen LogP contribution in [0.1, 0.15) is 58.8 Å². The van der Waals surface area contributed by atoms with Gasteiger partial charge in [-0.1, -0.05) is 46.0 Å². The van der Waals surface area contributed by atoms with Gasteiger partial charge < -0.3 is 0 Å². The molecule has 0 aromatic carbocycles. The Bertz CT molecular complexity index is 250. The lowest BCUT2D eigenvalue weighted by Gasteiger charge is -2.16. The summed E-state index contributed by atoms with van der Waals surface area (Å²) < 4.78 is 25.4. The highest BCUT2D eigenvalue weighted by Crippen LogP contribution is 2.18. The van der Waals surface area contributed by atoms with E-state index in [-0.39, 0.29) is 0 Å². The summed E-state index contributed by atoms with van der Waals surface area (Å²) >= 11 is 0. The summed E-state index contributed by atoms with van der Waals surface area (Å²) in [5, 5.41) is 0. The van der Waals surface area contributed by atoms with Gasteiger partial charge in [-0.3, -0.25) is 0 Å². The zero-order chi connectivity index (χ0) is 12.4. The fourth-order valence-corrected chi connectivity index (χ4v) is 3.00. The zero-order valence-corrected chi connectivity index (χ0v) is 11.8. The standard InChI is InChI=1S/C12H27NO2S/c1-4-6-8-10-12(9-7-5-2)11-16(14,15)13-3/h12-13H,4-11H2,1-3H3. The Labute approximate surface area is 101 Å². The van der Waals surface area contributed by atoms with Crippen LogP contribution in [0, 0.1) is 5.92 Å². The molecule has 0 fully saturated rings. The van der Waals surface area contributed by atoms with Crippen LogP contribution in [-0.2, 0) is 10.0 Å². The van der Waals surface area contributed by atoms with Crippen LogP contribution in [0.4, 0.5) is 0 Å². The van der Waals surface area contributed by atoms with Gasteiger partial charge in [-0.25, -0.2) is 13.1 Å². The third-order valence-corrected chi connectivity index (χ3v) is 4.48. The van der Waals surface area contributed by atoms with Crippen LogP contribution in [0.5, 0.6) is 0 Å². The van der Waals surface area contributed by atoms with Crippen molar-refractivity contribution in [2.75, 3.05) is 12.8 Å². The minimum absolute atomic E-state index is 0.299. The zero-order valence-electron chi connectivity index (χ0n) is 11.0. The van der Waals surface area contributed by atoms with E-state index in [0.29, 0.717) is 11.7 Å². The summed E-state index contributed by atoms with van der Waals surface area (Å²) in [4.78, 5) is 0. The SMILES string of the molecule is CCCCCC(CCCC)CS(=O)(=O)NC. The van der Waals surface area contributed by atoms with Crippen molar-refractivity contribution in [2.45, 2.75) is 58.8 Å². The third-order valence-electron chi connectivity index (χ3n) is 2.95. The number of unbranched alkanes of at least 4 members (excludes halogenated alkanes) is 3. The van der Waals surface area contributed by atoms with E-state index in [1.54, 1.807) is 0 Å². The Hall–Kier alpha value is -0.0900. The topological polar surface area (TPSA) is 46.2 Å². The van der Waals surface area contributed by atoms with Gasteiger partial charge >= 0.3 is 0 Å². The lowest BCUT2D eigenvalue weighted by Crippen LogP contribution is -2.26. The highest BCUT2D eigenvalue weighted by Gasteiger charge is 2.16. The van der Waals surface area contributed by atoms with E-state index in [1.165, 1.54) is 19.9 Å². The van der Waals surface area contributed by atoms with Gasteiger partial charge in [0.25, 0.3) is 0 Å². The quantitative estimate of drug-likeness (QED) is 0.605. The summed E-state index contributed by atoms with van der Waals surface area (Å²) in [6.07, 6.45) is 7.93. The van der Waals surface area contributed by atoms with E-state index in [1.807, 2.05) is 0 Å². The number of sulfonamides is 1. The summed E-state index contributed by atoms with van der Waals surface area (Å²) in [6.45, 7) is 4.32. The van der Waals surface area contributed by atoms with Crippen molar-refractivity contribution in [1.82, 2.24) is 4.72 Å². The Morgan fingerprint density at radius 1 is 1.00 bits per heavy atom. The van der Waals surface area contributed by atoms with Crippen molar-refractivity contribution in [2.24, 2.45) is 5.92 Å². The predicted octanol–water partition coefficient (Wildman–Crippen LogP) is 2.92. The van der Waals surface area contributed by atoms with E-state index in [9.17, 15) is 8.42 Å². The second kappa shape index (κ2) is 8.99. The highest BCUT2D eigenvalue weighted by atomic mass is 32.2. The molecular formula is C12H27NO2S. The van der Waals surface area contributed by atoms with E-state index in [4.69, 9.17) is 0 Å². The Balaban J connectivity index is 4.09. The van der Waals surface area contributed by atoms with Gasteiger partial charge in [0.2, 0.25) is 10.0 Å². The molecule has 1 unspecified atom stereocenters. The first kappa shape index (κ1) is 15.9. The molecule has 0 saturated heterocycles. The van der Waals surface area contributed by atoms with Gasteiger partial charge in [0.15, 0.2) is 0 Å². The minimum Gasteiger partial charge on any atom is -0.218 e. The molecule has 16 heavy (non-hydrogen) atoms. The summed E-state index contributed by atoms with van der Waals surface area (Å²) in [6, 6.07) is 0. The van der Waals surface area contributed by atoms with E-state index < -0.39 is 10.0 Å². The molecular weight excluding hydrogens is 222 g/mol. The van der Waals surface area contributed by atoms with Crippen molar-refractivity contribution in [3.05, 3.63) is 0 Å². The molecule has 0 spiro atoms. The first-order valence-electron chi connectivity index (χ1n) is 6.47.